The number of aromatic nitrogens is 1. The predicted octanol–water partition coefficient (Wildman–Crippen LogP) is 2.98. The van der Waals surface area contributed by atoms with Crippen LogP contribution in [0.3, 0.4) is 0 Å². The highest BCUT2D eigenvalue weighted by Crippen LogP contribution is 2.35. The van der Waals surface area contributed by atoms with Crippen LogP contribution < -0.4 is 4.74 Å². The van der Waals surface area contributed by atoms with Crippen LogP contribution in [0.15, 0.2) is 41.4 Å². The second kappa shape index (κ2) is 4.86. The van der Waals surface area contributed by atoms with Crippen LogP contribution in [-0.4, -0.2) is 26.0 Å². The molecule has 4 nitrogen and oxygen atoms in total. The standard InChI is InChI=1S/C12H10F3NO3S/c1-19-9-4-2-8(3-5-9)11-10(6-7-16-11)20(17,18)12(13,14)15/h2-7,16H,1H3. The quantitative estimate of drug-likeness (QED) is 0.948. The molecule has 0 aliphatic heterocycles. The fourth-order valence-electron chi connectivity index (χ4n) is 1.69. The summed E-state index contributed by atoms with van der Waals surface area (Å²) < 4.78 is 65.6. The van der Waals surface area contributed by atoms with Crippen LogP contribution >= 0.6 is 0 Å². The minimum absolute atomic E-state index is 0.107. The van der Waals surface area contributed by atoms with Crippen molar-refractivity contribution in [1.29, 1.82) is 0 Å². The van der Waals surface area contributed by atoms with Gasteiger partial charge in [-0.25, -0.2) is 8.42 Å². The molecule has 0 unspecified atom stereocenters. The minimum atomic E-state index is -5.39. The molecular weight excluding hydrogens is 295 g/mol. The molecule has 1 aromatic carbocycles. The lowest BCUT2D eigenvalue weighted by molar-refractivity contribution is -0.0435. The number of hydrogen-bond donors (Lipinski definition) is 1. The van der Waals surface area contributed by atoms with E-state index in [1.54, 1.807) is 0 Å². The lowest BCUT2D eigenvalue weighted by Crippen LogP contribution is -2.23. The van der Waals surface area contributed by atoms with Gasteiger partial charge in [0.2, 0.25) is 0 Å². The molecule has 0 fully saturated rings. The van der Waals surface area contributed by atoms with E-state index in [4.69, 9.17) is 4.74 Å². The molecule has 108 valence electrons. The minimum Gasteiger partial charge on any atom is -0.497 e. The molecular formula is C12H10F3NO3S. The van der Waals surface area contributed by atoms with Gasteiger partial charge in [-0.15, -0.1) is 0 Å². The summed E-state index contributed by atoms with van der Waals surface area (Å²) in [6, 6.07) is 6.89. The molecule has 2 aromatic rings. The number of aromatic amines is 1. The number of H-pyrrole nitrogens is 1. The molecule has 0 spiro atoms. The van der Waals surface area contributed by atoms with Crippen molar-refractivity contribution in [3.05, 3.63) is 36.5 Å². The first-order chi connectivity index (χ1) is 9.27. The monoisotopic (exact) mass is 305 g/mol. The van der Waals surface area contributed by atoms with E-state index in [1.165, 1.54) is 31.4 Å². The smallest absolute Gasteiger partial charge is 0.497 e. The van der Waals surface area contributed by atoms with Crippen molar-refractivity contribution >= 4 is 9.84 Å². The van der Waals surface area contributed by atoms with Gasteiger partial charge >= 0.3 is 5.51 Å². The summed E-state index contributed by atoms with van der Waals surface area (Å²) in [6.07, 6.45) is 1.15. The third kappa shape index (κ3) is 2.38. The number of methoxy groups -OCH3 is 1. The Labute approximate surface area is 113 Å². The number of nitrogens with one attached hydrogen (secondary N) is 1. The molecule has 8 heteroatoms. The summed E-state index contributed by atoms with van der Waals surface area (Å²) in [5.74, 6) is 0.514. The average molecular weight is 305 g/mol. The number of alkyl halides is 3. The topological polar surface area (TPSA) is 59.2 Å². The Bertz CT molecular complexity index is 702. The number of ether oxygens (including phenoxy) is 1. The number of benzene rings is 1. The maximum Gasteiger partial charge on any atom is 0.501 e. The highest BCUT2D eigenvalue weighted by atomic mass is 32.2. The Kier molecular flexibility index (Phi) is 3.51. The first kappa shape index (κ1) is 14.4. The number of halogens is 3. The Hall–Kier alpha value is -1.96. The van der Waals surface area contributed by atoms with Gasteiger partial charge < -0.3 is 9.72 Å². The molecule has 0 radical (unpaired) electrons. The molecule has 0 saturated heterocycles. The second-order valence-corrected chi connectivity index (χ2v) is 5.80. The molecule has 0 amide bonds. The van der Waals surface area contributed by atoms with Crippen LogP contribution in [0, 0.1) is 0 Å². The molecule has 1 N–H and O–H groups in total. The van der Waals surface area contributed by atoms with E-state index < -0.39 is 20.2 Å². The van der Waals surface area contributed by atoms with Gasteiger partial charge in [0.05, 0.1) is 12.8 Å². The van der Waals surface area contributed by atoms with Crippen molar-refractivity contribution in [2.75, 3.05) is 7.11 Å². The Morgan fingerprint density at radius 1 is 1.10 bits per heavy atom. The lowest BCUT2D eigenvalue weighted by Gasteiger charge is -2.09. The van der Waals surface area contributed by atoms with E-state index in [0.29, 0.717) is 11.3 Å². The third-order valence-corrected chi connectivity index (χ3v) is 4.21. The van der Waals surface area contributed by atoms with Gasteiger partial charge in [-0.2, -0.15) is 13.2 Å². The Morgan fingerprint density at radius 3 is 2.20 bits per heavy atom. The summed E-state index contributed by atoms with van der Waals surface area (Å²) in [7, 11) is -3.94. The second-order valence-electron chi connectivity index (χ2n) is 3.89. The van der Waals surface area contributed by atoms with Gasteiger partial charge in [0.15, 0.2) is 0 Å². The van der Waals surface area contributed by atoms with Gasteiger partial charge in [-0.05, 0) is 35.9 Å². The normalized spacial score (nSPS) is 12.4. The van der Waals surface area contributed by atoms with Crippen molar-refractivity contribution in [2.45, 2.75) is 10.4 Å². The zero-order valence-electron chi connectivity index (χ0n) is 10.2. The highest BCUT2D eigenvalue weighted by molar-refractivity contribution is 7.92. The van der Waals surface area contributed by atoms with Crippen LogP contribution in [0.1, 0.15) is 0 Å². The van der Waals surface area contributed by atoms with Crippen LogP contribution in [-0.2, 0) is 9.84 Å². The summed E-state index contributed by atoms with van der Waals surface area (Å²) in [5.41, 5.74) is -5.13. The first-order valence-corrected chi connectivity index (χ1v) is 6.89. The van der Waals surface area contributed by atoms with Crippen LogP contribution in [0.25, 0.3) is 11.3 Å². The van der Waals surface area contributed by atoms with Crippen molar-refractivity contribution in [1.82, 2.24) is 4.98 Å². The number of hydrogen-bond acceptors (Lipinski definition) is 3. The van der Waals surface area contributed by atoms with Crippen LogP contribution in [0.5, 0.6) is 5.75 Å². The molecule has 0 saturated carbocycles. The van der Waals surface area contributed by atoms with Gasteiger partial charge in [0, 0.05) is 6.20 Å². The van der Waals surface area contributed by atoms with Crippen LogP contribution in [0.4, 0.5) is 13.2 Å². The van der Waals surface area contributed by atoms with Crippen molar-refractivity contribution < 1.29 is 26.3 Å². The maximum absolute atomic E-state index is 12.6. The van der Waals surface area contributed by atoms with E-state index in [1.807, 2.05) is 0 Å². The molecule has 0 aliphatic rings. The van der Waals surface area contributed by atoms with Crippen LogP contribution in [0.2, 0.25) is 0 Å². The average Bonchev–Trinajstić information content (AvgIpc) is 2.87. The van der Waals surface area contributed by atoms with E-state index >= 15 is 0 Å². The van der Waals surface area contributed by atoms with Crippen molar-refractivity contribution in [3.63, 3.8) is 0 Å². The van der Waals surface area contributed by atoms with Crippen molar-refractivity contribution in [2.24, 2.45) is 0 Å². The zero-order chi connectivity index (χ0) is 15.0. The Balaban J connectivity index is 2.53. The van der Waals surface area contributed by atoms with Gasteiger partial charge in [-0.3, -0.25) is 0 Å². The van der Waals surface area contributed by atoms with Gasteiger partial charge in [0.25, 0.3) is 9.84 Å². The molecule has 1 heterocycles. The molecule has 1 aromatic heterocycles. The summed E-state index contributed by atoms with van der Waals surface area (Å²) in [4.78, 5) is 1.72. The SMILES string of the molecule is COc1ccc(-c2[nH]ccc2S(=O)(=O)C(F)(F)F)cc1. The van der Waals surface area contributed by atoms with Crippen molar-refractivity contribution in [3.8, 4) is 17.0 Å². The fraction of sp³-hybridized carbons (Fsp3) is 0.167. The van der Waals surface area contributed by atoms with E-state index in [0.717, 1.165) is 12.3 Å². The van der Waals surface area contributed by atoms with Gasteiger partial charge in [0.1, 0.15) is 10.6 Å². The molecule has 0 bridgehead atoms. The maximum atomic E-state index is 12.6. The molecule has 0 aliphatic carbocycles. The largest absolute Gasteiger partial charge is 0.501 e. The predicted molar refractivity (Wildman–Crippen MR) is 66.0 cm³/mol. The first-order valence-electron chi connectivity index (χ1n) is 5.40. The fourth-order valence-corrected chi connectivity index (χ4v) is 2.63. The van der Waals surface area contributed by atoms with Gasteiger partial charge in [-0.1, -0.05) is 0 Å². The molecule has 20 heavy (non-hydrogen) atoms. The molecule has 2 rings (SSSR count). The Morgan fingerprint density at radius 2 is 1.70 bits per heavy atom. The van der Waals surface area contributed by atoms with E-state index in [-0.39, 0.29) is 5.69 Å². The number of rotatable bonds is 3. The summed E-state index contributed by atoms with van der Waals surface area (Å²) in [5, 5.41) is 0. The highest BCUT2D eigenvalue weighted by Gasteiger charge is 2.48. The number of sulfone groups is 1. The summed E-state index contributed by atoms with van der Waals surface area (Å²) in [6.45, 7) is 0. The summed E-state index contributed by atoms with van der Waals surface area (Å²) >= 11 is 0. The molecule has 0 atom stereocenters. The van der Waals surface area contributed by atoms with E-state index in [9.17, 15) is 21.6 Å². The lowest BCUT2D eigenvalue weighted by atomic mass is 10.1. The third-order valence-electron chi connectivity index (χ3n) is 2.68. The van der Waals surface area contributed by atoms with E-state index in [2.05, 4.69) is 4.98 Å². The zero-order valence-corrected chi connectivity index (χ0v) is 11.0.